The molecule has 1 unspecified atom stereocenters. The van der Waals surface area contributed by atoms with Gasteiger partial charge in [-0.25, -0.2) is 0 Å². The molecule has 1 aromatic carbocycles. The molecule has 124 valence electrons. The Hall–Kier alpha value is -2.10. The van der Waals surface area contributed by atoms with Crippen LogP contribution in [0.4, 0.5) is 0 Å². The van der Waals surface area contributed by atoms with Crippen LogP contribution in [0.15, 0.2) is 30.9 Å². The average Bonchev–Trinajstić information content (AvgIpc) is 2.47. The average molecular weight is 315 g/mol. The normalized spacial score (nSPS) is 21.2. The van der Waals surface area contributed by atoms with Crippen molar-refractivity contribution in [3.8, 4) is 5.75 Å². The van der Waals surface area contributed by atoms with Crippen molar-refractivity contribution in [2.45, 2.75) is 39.5 Å². The third-order valence-corrected chi connectivity index (χ3v) is 4.21. The van der Waals surface area contributed by atoms with Gasteiger partial charge in [-0.15, -0.1) is 6.58 Å². The van der Waals surface area contributed by atoms with E-state index in [1.807, 2.05) is 13.0 Å². The SMILES string of the molecule is C=CCN1C(=O)c2ccc(OC)cc2C(C)(CC(C)(C)C)C1=O. The Morgan fingerprint density at radius 1 is 1.30 bits per heavy atom. The van der Waals surface area contributed by atoms with Gasteiger partial charge in [0.2, 0.25) is 5.91 Å². The molecule has 23 heavy (non-hydrogen) atoms. The second-order valence-electron chi connectivity index (χ2n) is 7.49. The smallest absolute Gasteiger partial charge is 0.261 e. The number of fused-ring (bicyclic) bond motifs is 1. The summed E-state index contributed by atoms with van der Waals surface area (Å²) >= 11 is 0. The molecule has 1 aromatic rings. The fourth-order valence-corrected chi connectivity index (χ4v) is 3.47. The highest BCUT2D eigenvalue weighted by molar-refractivity contribution is 6.13. The maximum atomic E-state index is 13.1. The van der Waals surface area contributed by atoms with E-state index in [0.717, 1.165) is 5.56 Å². The summed E-state index contributed by atoms with van der Waals surface area (Å²) in [6, 6.07) is 5.33. The molecular formula is C19H25NO3. The number of ether oxygens (including phenoxy) is 1. The van der Waals surface area contributed by atoms with Gasteiger partial charge in [-0.2, -0.15) is 0 Å². The lowest BCUT2D eigenvalue weighted by molar-refractivity contribution is -0.135. The summed E-state index contributed by atoms with van der Waals surface area (Å²) in [5.74, 6) is 0.221. The molecule has 0 N–H and O–H groups in total. The summed E-state index contributed by atoms with van der Waals surface area (Å²) in [7, 11) is 1.58. The van der Waals surface area contributed by atoms with Gasteiger partial charge in [-0.1, -0.05) is 26.8 Å². The summed E-state index contributed by atoms with van der Waals surface area (Å²) in [4.78, 5) is 27.1. The Morgan fingerprint density at radius 3 is 2.48 bits per heavy atom. The molecule has 2 rings (SSSR count). The molecule has 4 heteroatoms. The maximum absolute atomic E-state index is 13.1. The van der Waals surface area contributed by atoms with Crippen LogP contribution in [0.25, 0.3) is 0 Å². The largest absolute Gasteiger partial charge is 0.497 e. The lowest BCUT2D eigenvalue weighted by atomic mass is 9.67. The van der Waals surface area contributed by atoms with Crippen LogP contribution in [0.1, 0.15) is 50.0 Å². The van der Waals surface area contributed by atoms with Gasteiger partial charge in [0.05, 0.1) is 12.5 Å². The van der Waals surface area contributed by atoms with E-state index < -0.39 is 5.41 Å². The third-order valence-electron chi connectivity index (χ3n) is 4.21. The highest BCUT2D eigenvalue weighted by atomic mass is 16.5. The minimum Gasteiger partial charge on any atom is -0.497 e. The number of rotatable bonds is 4. The van der Waals surface area contributed by atoms with Crippen LogP contribution in [-0.4, -0.2) is 30.4 Å². The van der Waals surface area contributed by atoms with Crippen LogP contribution < -0.4 is 4.74 Å². The first-order chi connectivity index (χ1) is 10.6. The number of nitrogens with zero attached hydrogens (tertiary/aromatic N) is 1. The molecule has 0 aliphatic carbocycles. The molecule has 0 saturated carbocycles. The Labute approximate surface area is 138 Å². The third kappa shape index (κ3) is 3.03. The van der Waals surface area contributed by atoms with E-state index in [1.165, 1.54) is 4.90 Å². The molecule has 2 amide bonds. The molecule has 0 aromatic heterocycles. The topological polar surface area (TPSA) is 46.6 Å². The lowest BCUT2D eigenvalue weighted by Gasteiger charge is -2.42. The minimum absolute atomic E-state index is 0.0645. The second-order valence-corrected chi connectivity index (χ2v) is 7.49. The van der Waals surface area contributed by atoms with Gasteiger partial charge in [0, 0.05) is 12.1 Å². The van der Waals surface area contributed by atoms with E-state index in [0.29, 0.717) is 17.7 Å². The number of methoxy groups -OCH3 is 1. The molecular weight excluding hydrogens is 290 g/mol. The van der Waals surface area contributed by atoms with Crippen molar-refractivity contribution in [3.63, 3.8) is 0 Å². The molecule has 1 atom stereocenters. The monoisotopic (exact) mass is 315 g/mol. The summed E-state index contributed by atoms with van der Waals surface area (Å²) in [5.41, 5.74) is 0.491. The highest BCUT2D eigenvalue weighted by Gasteiger charge is 2.48. The first kappa shape index (κ1) is 17.3. The standard InChI is InChI=1S/C19H25NO3/c1-7-10-20-16(21)14-9-8-13(23-6)11-15(14)19(5,17(20)22)12-18(2,3)4/h7-9,11H,1,10,12H2,2-6H3. The Balaban J connectivity index is 2.68. The minimum atomic E-state index is -0.765. The molecule has 1 aliphatic rings. The Morgan fingerprint density at radius 2 is 1.96 bits per heavy atom. The highest BCUT2D eigenvalue weighted by Crippen LogP contribution is 2.43. The van der Waals surface area contributed by atoms with Gasteiger partial charge in [0.1, 0.15) is 5.75 Å². The van der Waals surface area contributed by atoms with Crippen LogP contribution in [0.2, 0.25) is 0 Å². The number of benzene rings is 1. The van der Waals surface area contributed by atoms with Gasteiger partial charge < -0.3 is 4.74 Å². The second kappa shape index (κ2) is 5.84. The van der Waals surface area contributed by atoms with Crippen LogP contribution in [0, 0.1) is 5.41 Å². The van der Waals surface area contributed by atoms with Crippen molar-refractivity contribution in [2.24, 2.45) is 5.41 Å². The zero-order valence-electron chi connectivity index (χ0n) is 14.6. The molecule has 0 spiro atoms. The predicted octanol–water partition coefficient (Wildman–Crippen LogP) is 3.56. The van der Waals surface area contributed by atoms with Crippen molar-refractivity contribution in [1.82, 2.24) is 4.90 Å². The van der Waals surface area contributed by atoms with E-state index in [9.17, 15) is 9.59 Å². The van der Waals surface area contributed by atoms with E-state index in [1.54, 1.807) is 25.3 Å². The fraction of sp³-hybridized carbons (Fsp3) is 0.474. The molecule has 1 heterocycles. The number of carbonyl (C=O) groups is 2. The van der Waals surface area contributed by atoms with Gasteiger partial charge >= 0.3 is 0 Å². The number of imide groups is 1. The van der Waals surface area contributed by atoms with Gasteiger partial charge in [-0.3, -0.25) is 14.5 Å². The number of carbonyl (C=O) groups excluding carboxylic acids is 2. The van der Waals surface area contributed by atoms with E-state index in [-0.39, 0.29) is 23.8 Å². The molecule has 0 bridgehead atoms. The number of hydrogen-bond donors (Lipinski definition) is 0. The number of amides is 2. The maximum Gasteiger partial charge on any atom is 0.261 e. The Bertz CT molecular complexity index is 657. The molecule has 1 aliphatic heterocycles. The molecule has 0 saturated heterocycles. The Kier molecular flexibility index (Phi) is 4.38. The molecule has 0 fully saturated rings. The fourth-order valence-electron chi connectivity index (χ4n) is 3.47. The van der Waals surface area contributed by atoms with Crippen LogP contribution in [0.3, 0.4) is 0 Å². The van der Waals surface area contributed by atoms with Crippen molar-refractivity contribution in [3.05, 3.63) is 42.0 Å². The van der Waals surface area contributed by atoms with Crippen LogP contribution >= 0.6 is 0 Å². The molecule has 4 nitrogen and oxygen atoms in total. The zero-order valence-corrected chi connectivity index (χ0v) is 14.6. The van der Waals surface area contributed by atoms with Crippen LogP contribution in [0.5, 0.6) is 5.75 Å². The summed E-state index contributed by atoms with van der Waals surface area (Å²) in [6.07, 6.45) is 2.22. The molecule has 0 radical (unpaired) electrons. The van der Waals surface area contributed by atoms with Crippen molar-refractivity contribution < 1.29 is 14.3 Å². The van der Waals surface area contributed by atoms with Crippen molar-refractivity contribution in [1.29, 1.82) is 0 Å². The summed E-state index contributed by atoms with van der Waals surface area (Å²) in [6.45, 7) is 12.1. The van der Waals surface area contributed by atoms with Crippen molar-refractivity contribution in [2.75, 3.05) is 13.7 Å². The van der Waals surface area contributed by atoms with Gasteiger partial charge in [0.15, 0.2) is 0 Å². The first-order valence-electron chi connectivity index (χ1n) is 7.80. The zero-order chi connectivity index (χ0) is 17.4. The lowest BCUT2D eigenvalue weighted by Crippen LogP contribution is -2.54. The van der Waals surface area contributed by atoms with Crippen LogP contribution in [-0.2, 0) is 10.2 Å². The first-order valence-corrected chi connectivity index (χ1v) is 7.80. The summed E-state index contributed by atoms with van der Waals surface area (Å²) < 4.78 is 5.30. The van der Waals surface area contributed by atoms with E-state index in [2.05, 4.69) is 27.4 Å². The van der Waals surface area contributed by atoms with E-state index >= 15 is 0 Å². The summed E-state index contributed by atoms with van der Waals surface area (Å²) in [5, 5.41) is 0. The van der Waals surface area contributed by atoms with Gasteiger partial charge in [0.25, 0.3) is 5.91 Å². The quantitative estimate of drug-likeness (QED) is 0.630. The van der Waals surface area contributed by atoms with E-state index in [4.69, 9.17) is 4.74 Å². The van der Waals surface area contributed by atoms with Gasteiger partial charge in [-0.05, 0) is 42.5 Å². The van der Waals surface area contributed by atoms with Crippen molar-refractivity contribution >= 4 is 11.8 Å². The number of hydrogen-bond acceptors (Lipinski definition) is 3. The predicted molar refractivity (Wildman–Crippen MR) is 90.7 cm³/mol.